The van der Waals surface area contributed by atoms with Crippen LogP contribution in [0.15, 0.2) is 216 Å². The average molecular weight is 850 g/mol. The molecule has 0 spiro atoms. The summed E-state index contributed by atoms with van der Waals surface area (Å²) < 4.78 is 0. The van der Waals surface area contributed by atoms with Crippen molar-refractivity contribution in [3.63, 3.8) is 0 Å². The summed E-state index contributed by atoms with van der Waals surface area (Å²) >= 11 is 0. The fourth-order valence-electron chi connectivity index (χ4n) is 11.5. The Balaban J connectivity index is 1.11. The number of hydrogen-bond donors (Lipinski definition) is 1. The first-order valence-corrected chi connectivity index (χ1v) is 24.3. The first kappa shape index (κ1) is 40.4. The van der Waals surface area contributed by atoms with Crippen molar-refractivity contribution in [2.24, 2.45) is 5.92 Å². The summed E-state index contributed by atoms with van der Waals surface area (Å²) in [4.78, 5) is 2.77. The van der Waals surface area contributed by atoms with Gasteiger partial charge in [0.15, 0.2) is 7.28 Å². The highest BCUT2D eigenvalue weighted by Gasteiger charge is 2.38. The molecule has 2 aliphatic heterocycles. The van der Waals surface area contributed by atoms with Crippen LogP contribution in [0.2, 0.25) is 0 Å². The van der Waals surface area contributed by atoms with Crippen LogP contribution >= 0.6 is 0 Å². The van der Waals surface area contributed by atoms with Gasteiger partial charge in [0.2, 0.25) is 0 Å². The van der Waals surface area contributed by atoms with Gasteiger partial charge in [0.1, 0.15) is 0 Å². The van der Waals surface area contributed by atoms with Gasteiger partial charge in [-0.2, -0.15) is 0 Å². The maximum absolute atomic E-state index is 3.97. The first-order chi connectivity index (χ1) is 32.7. The lowest BCUT2D eigenvalue weighted by Crippen LogP contribution is -2.41. The Morgan fingerprint density at radius 3 is 2.20 bits per heavy atom. The fraction of sp³-hybridized carbons (Fsp3) is 0.175. The topological polar surface area (TPSA) is 15.3 Å². The number of nitrogens with one attached hydrogen (secondary N) is 1. The Labute approximate surface area is 391 Å². The normalized spacial score (nSPS) is 18.2. The zero-order valence-corrected chi connectivity index (χ0v) is 37.9. The SMILES string of the molecule is CCc1c2cc(-c3cc(C4=CC=CCC4)ccc3Nc3ccc(-c4ccccc4)cc3)c3c1N(C1=CC=C(C4=CCCC=C4)C(C1)Cc1ccccc1-2)C1=C([B]3)C=C(c2ccccc2)CC1. The number of allylic oxidation sites excluding steroid dienone is 16. The van der Waals surface area contributed by atoms with Gasteiger partial charge in [-0.05, 0) is 178 Å². The molecule has 1 N–H and O–H groups in total. The molecule has 6 aromatic rings. The van der Waals surface area contributed by atoms with Gasteiger partial charge in [-0.15, -0.1) is 0 Å². The second kappa shape index (κ2) is 17.4. The Kier molecular flexibility index (Phi) is 10.6. The average Bonchev–Trinajstić information content (AvgIpc) is 3.39. The molecule has 319 valence electrons. The van der Waals surface area contributed by atoms with Crippen molar-refractivity contribution < 1.29 is 0 Å². The maximum atomic E-state index is 3.97. The van der Waals surface area contributed by atoms with Gasteiger partial charge < -0.3 is 10.2 Å². The Morgan fingerprint density at radius 2 is 1.41 bits per heavy atom. The van der Waals surface area contributed by atoms with Crippen molar-refractivity contribution in [3.05, 3.63) is 238 Å². The molecule has 4 bridgehead atoms. The Morgan fingerprint density at radius 1 is 0.621 bits per heavy atom. The second-order valence-corrected chi connectivity index (χ2v) is 18.7. The summed E-state index contributed by atoms with van der Waals surface area (Å²) in [5, 5.41) is 3.97. The van der Waals surface area contributed by atoms with E-state index in [0.29, 0.717) is 5.92 Å². The Hall–Kier alpha value is -7.10. The summed E-state index contributed by atoms with van der Waals surface area (Å²) in [5.74, 6) is 0.365. The number of fused-ring (bicyclic) bond motifs is 7. The molecule has 0 aromatic heterocycles. The van der Waals surface area contributed by atoms with Crippen LogP contribution < -0.4 is 15.7 Å². The van der Waals surface area contributed by atoms with Crippen molar-refractivity contribution >= 4 is 41.0 Å². The molecule has 1 atom stereocenters. The van der Waals surface area contributed by atoms with Crippen molar-refractivity contribution in [1.29, 1.82) is 0 Å². The van der Waals surface area contributed by atoms with E-state index in [4.69, 9.17) is 0 Å². The van der Waals surface area contributed by atoms with E-state index in [9.17, 15) is 0 Å². The standard InChI is InChI=1S/C63H54BN2/c1-2-53-56-41-58(57-39-47(43-19-9-4-10-20-43)29-35-60(57)65-51-31-27-45(28-32-51)42-17-7-3-8-18-42)62-63(53)66(61-36-30-48(40-59(61)64-62)44-21-11-5-12-22-44)52-33-34-54(46-23-13-6-14-24-46)50(38-52)37-49-25-15-16-26-55(49)56/h3-5,7-9,11-13,15-19,21-29,31-35,39-41,50,65H,2,6,10,14,20,30,36-38H2,1H3. The van der Waals surface area contributed by atoms with Gasteiger partial charge in [0.05, 0.1) is 0 Å². The lowest BCUT2D eigenvalue weighted by Gasteiger charge is -2.44. The molecule has 2 nitrogen and oxygen atoms in total. The molecule has 66 heavy (non-hydrogen) atoms. The lowest BCUT2D eigenvalue weighted by molar-refractivity contribution is 0.591. The molecule has 3 heteroatoms. The number of rotatable bonds is 8. The van der Waals surface area contributed by atoms with Crippen LogP contribution in [0.5, 0.6) is 0 Å². The highest BCUT2D eigenvalue weighted by molar-refractivity contribution is 6.67. The fourth-order valence-corrected chi connectivity index (χ4v) is 11.5. The number of anilines is 3. The van der Waals surface area contributed by atoms with E-state index in [1.807, 2.05) is 0 Å². The molecule has 0 saturated heterocycles. The largest absolute Gasteiger partial charge is 0.355 e. The van der Waals surface area contributed by atoms with Gasteiger partial charge in [-0.3, -0.25) is 0 Å². The van der Waals surface area contributed by atoms with Crippen LogP contribution in [0.25, 0.3) is 44.5 Å². The van der Waals surface area contributed by atoms with E-state index in [2.05, 4.69) is 213 Å². The van der Waals surface area contributed by atoms with Crippen LogP contribution in [0.3, 0.4) is 0 Å². The van der Waals surface area contributed by atoms with Crippen molar-refractivity contribution in [2.75, 3.05) is 10.2 Å². The van der Waals surface area contributed by atoms with E-state index in [0.717, 1.165) is 69.2 Å². The molecule has 4 aliphatic carbocycles. The van der Waals surface area contributed by atoms with Gasteiger partial charge in [0, 0.05) is 34.0 Å². The summed E-state index contributed by atoms with van der Waals surface area (Å²) in [5.41, 5.74) is 27.8. The number of nitrogens with zero attached hydrogens (tertiary/aromatic N) is 1. The highest BCUT2D eigenvalue weighted by Crippen LogP contribution is 2.50. The van der Waals surface area contributed by atoms with E-state index < -0.39 is 0 Å². The molecule has 6 aliphatic rings. The summed E-state index contributed by atoms with van der Waals surface area (Å²) in [6, 6.07) is 49.7. The van der Waals surface area contributed by atoms with Crippen LogP contribution in [0.1, 0.15) is 74.1 Å². The van der Waals surface area contributed by atoms with E-state index >= 15 is 0 Å². The number of benzene rings is 6. The minimum atomic E-state index is 0.365. The minimum Gasteiger partial charge on any atom is -0.355 e. The monoisotopic (exact) mass is 849 g/mol. The minimum absolute atomic E-state index is 0.365. The van der Waals surface area contributed by atoms with E-state index in [1.165, 1.54) is 106 Å². The van der Waals surface area contributed by atoms with E-state index in [1.54, 1.807) is 0 Å². The molecule has 1 radical (unpaired) electrons. The third-order valence-corrected chi connectivity index (χ3v) is 14.7. The summed E-state index contributed by atoms with van der Waals surface area (Å²) in [6.45, 7) is 2.37. The predicted octanol–water partition coefficient (Wildman–Crippen LogP) is 15.6. The summed E-state index contributed by atoms with van der Waals surface area (Å²) in [6.07, 6.45) is 30.8. The van der Waals surface area contributed by atoms with Crippen LogP contribution in [0, 0.1) is 5.92 Å². The molecule has 2 heterocycles. The van der Waals surface area contributed by atoms with Gasteiger partial charge in [0.25, 0.3) is 0 Å². The third kappa shape index (κ3) is 7.41. The quantitative estimate of drug-likeness (QED) is 0.154. The molecular formula is C63H54BN2. The molecular weight excluding hydrogens is 796 g/mol. The molecule has 0 amide bonds. The van der Waals surface area contributed by atoms with Crippen LogP contribution in [-0.4, -0.2) is 7.28 Å². The second-order valence-electron chi connectivity index (χ2n) is 18.7. The van der Waals surface area contributed by atoms with Crippen LogP contribution in [0.4, 0.5) is 17.1 Å². The highest BCUT2D eigenvalue weighted by atomic mass is 15.2. The Bertz CT molecular complexity index is 3150. The van der Waals surface area contributed by atoms with Crippen molar-refractivity contribution in [2.45, 2.75) is 64.7 Å². The first-order valence-electron chi connectivity index (χ1n) is 24.3. The summed E-state index contributed by atoms with van der Waals surface area (Å²) in [7, 11) is 2.56. The molecule has 1 unspecified atom stereocenters. The molecule has 0 fully saturated rings. The van der Waals surface area contributed by atoms with Crippen molar-refractivity contribution in [1.82, 2.24) is 0 Å². The molecule has 0 saturated carbocycles. The molecule has 6 aromatic carbocycles. The van der Waals surface area contributed by atoms with Gasteiger partial charge in [-0.25, -0.2) is 0 Å². The smallest absolute Gasteiger partial charge is 0.197 e. The van der Waals surface area contributed by atoms with Crippen molar-refractivity contribution in [3.8, 4) is 33.4 Å². The number of hydrogen-bond acceptors (Lipinski definition) is 2. The zero-order chi connectivity index (χ0) is 44.0. The zero-order valence-electron chi connectivity index (χ0n) is 37.9. The molecule has 12 rings (SSSR count). The van der Waals surface area contributed by atoms with Gasteiger partial charge in [-0.1, -0.05) is 164 Å². The van der Waals surface area contributed by atoms with Crippen LogP contribution in [-0.2, 0) is 12.8 Å². The lowest BCUT2D eigenvalue weighted by atomic mass is 9.55. The third-order valence-electron chi connectivity index (χ3n) is 14.7. The maximum Gasteiger partial charge on any atom is 0.197 e. The van der Waals surface area contributed by atoms with Gasteiger partial charge >= 0.3 is 0 Å². The van der Waals surface area contributed by atoms with E-state index in [-0.39, 0.29) is 0 Å². The predicted molar refractivity (Wildman–Crippen MR) is 281 cm³/mol.